The molecule has 10 rings (SSSR count). The van der Waals surface area contributed by atoms with Gasteiger partial charge in [-0.3, -0.25) is 0 Å². The maximum absolute atomic E-state index is 2.47. The molecule has 0 aliphatic heterocycles. The Balaban J connectivity index is 1.13. The van der Waals surface area contributed by atoms with E-state index in [2.05, 4.69) is 210 Å². The molecular formula is C55H42. The predicted molar refractivity (Wildman–Crippen MR) is 236 cm³/mol. The maximum Gasteiger partial charge on any atom is 0.0159 e. The normalized spacial score (nSPS) is 12.9. The van der Waals surface area contributed by atoms with Crippen molar-refractivity contribution in [2.75, 3.05) is 0 Å². The SMILES string of the molecule is Cc1ccccc1-c1cc(-c2ccc(-c3c4ccccc4c(-c4ccc5c(c4)C(C)(C)c4ccccc4-5)c4ccccc34)cc2)cc(-c2ccccc2C)c1. The summed E-state index contributed by atoms with van der Waals surface area (Å²) >= 11 is 0. The summed E-state index contributed by atoms with van der Waals surface area (Å²) < 4.78 is 0. The highest BCUT2D eigenvalue weighted by Gasteiger charge is 2.35. The Morgan fingerprint density at radius 3 is 1.24 bits per heavy atom. The average molecular weight is 703 g/mol. The van der Waals surface area contributed by atoms with Crippen molar-refractivity contribution in [2.24, 2.45) is 0 Å². The van der Waals surface area contributed by atoms with Gasteiger partial charge in [-0.2, -0.15) is 0 Å². The molecule has 0 bridgehead atoms. The Bertz CT molecular complexity index is 2840. The molecule has 0 fully saturated rings. The quantitative estimate of drug-likeness (QED) is 0.157. The lowest BCUT2D eigenvalue weighted by atomic mass is 9.80. The lowest BCUT2D eigenvalue weighted by molar-refractivity contribution is 0.660. The number of benzene rings is 9. The molecule has 0 heteroatoms. The fourth-order valence-corrected chi connectivity index (χ4v) is 9.34. The minimum absolute atomic E-state index is 0.0602. The summed E-state index contributed by atoms with van der Waals surface area (Å²) in [6.07, 6.45) is 0. The van der Waals surface area contributed by atoms with Crippen LogP contribution >= 0.6 is 0 Å². The Kier molecular flexibility index (Phi) is 7.72. The second-order valence-electron chi connectivity index (χ2n) is 15.8. The highest BCUT2D eigenvalue weighted by Crippen LogP contribution is 2.51. The zero-order chi connectivity index (χ0) is 37.3. The van der Waals surface area contributed by atoms with Crippen LogP contribution in [0.1, 0.15) is 36.1 Å². The van der Waals surface area contributed by atoms with Crippen molar-refractivity contribution in [1.29, 1.82) is 0 Å². The van der Waals surface area contributed by atoms with Crippen LogP contribution in [0.25, 0.3) is 88.3 Å². The highest BCUT2D eigenvalue weighted by atomic mass is 14.4. The van der Waals surface area contributed by atoms with E-state index < -0.39 is 0 Å². The van der Waals surface area contributed by atoms with Crippen molar-refractivity contribution in [3.8, 4) is 66.8 Å². The van der Waals surface area contributed by atoms with Gasteiger partial charge in [0.25, 0.3) is 0 Å². The van der Waals surface area contributed by atoms with Crippen LogP contribution in [-0.4, -0.2) is 0 Å². The second kappa shape index (κ2) is 12.8. The van der Waals surface area contributed by atoms with Gasteiger partial charge in [-0.1, -0.05) is 172 Å². The third-order valence-corrected chi connectivity index (χ3v) is 12.2. The molecule has 0 unspecified atom stereocenters. The summed E-state index contributed by atoms with van der Waals surface area (Å²) in [5, 5.41) is 5.11. The van der Waals surface area contributed by atoms with Gasteiger partial charge >= 0.3 is 0 Å². The van der Waals surface area contributed by atoms with Gasteiger partial charge in [0.1, 0.15) is 0 Å². The molecule has 0 saturated carbocycles. The Morgan fingerprint density at radius 2 is 0.691 bits per heavy atom. The highest BCUT2D eigenvalue weighted by molar-refractivity contribution is 6.21. The van der Waals surface area contributed by atoms with Crippen molar-refractivity contribution >= 4 is 21.5 Å². The number of hydrogen-bond donors (Lipinski definition) is 0. The summed E-state index contributed by atoms with van der Waals surface area (Å²) in [6.45, 7) is 9.14. The fourth-order valence-electron chi connectivity index (χ4n) is 9.34. The Hall–Kier alpha value is -6.50. The van der Waals surface area contributed by atoms with Gasteiger partial charge in [0.2, 0.25) is 0 Å². The smallest absolute Gasteiger partial charge is 0.0159 e. The minimum atomic E-state index is -0.0602. The van der Waals surface area contributed by atoms with E-state index >= 15 is 0 Å². The van der Waals surface area contributed by atoms with Crippen LogP contribution in [0.4, 0.5) is 0 Å². The summed E-state index contributed by atoms with van der Waals surface area (Å²) in [7, 11) is 0. The Morgan fingerprint density at radius 1 is 0.291 bits per heavy atom. The van der Waals surface area contributed by atoms with Gasteiger partial charge in [0.15, 0.2) is 0 Å². The van der Waals surface area contributed by atoms with E-state index in [4.69, 9.17) is 0 Å². The van der Waals surface area contributed by atoms with Crippen LogP contribution in [-0.2, 0) is 5.41 Å². The number of aryl methyl sites for hydroxylation is 2. The van der Waals surface area contributed by atoms with Crippen LogP contribution in [0.3, 0.4) is 0 Å². The summed E-state index contributed by atoms with van der Waals surface area (Å²) in [5.74, 6) is 0. The zero-order valence-corrected chi connectivity index (χ0v) is 31.8. The summed E-state index contributed by atoms with van der Waals surface area (Å²) in [4.78, 5) is 0. The first-order valence-electron chi connectivity index (χ1n) is 19.4. The van der Waals surface area contributed by atoms with E-state index in [1.807, 2.05) is 0 Å². The molecule has 0 aromatic heterocycles. The van der Waals surface area contributed by atoms with Crippen molar-refractivity contribution < 1.29 is 0 Å². The largest absolute Gasteiger partial charge is 0.0620 e. The fraction of sp³-hybridized carbons (Fsp3) is 0.0909. The molecule has 0 spiro atoms. The molecule has 0 atom stereocenters. The van der Waals surface area contributed by atoms with Crippen LogP contribution in [0.2, 0.25) is 0 Å². The lowest BCUT2D eigenvalue weighted by Gasteiger charge is -2.23. The van der Waals surface area contributed by atoms with Gasteiger partial charge in [0, 0.05) is 5.41 Å². The number of rotatable bonds is 5. The van der Waals surface area contributed by atoms with Crippen molar-refractivity contribution in [3.05, 3.63) is 204 Å². The van der Waals surface area contributed by atoms with E-state index in [1.54, 1.807) is 0 Å². The molecule has 9 aromatic rings. The third kappa shape index (κ3) is 5.36. The standard InChI is InChI=1S/C55H42/c1-35-15-5-7-17-43(35)41-31-40(32-42(33-41)44-18-8-6-16-36(44)2)37-25-27-38(28-26-37)53-47-20-9-11-22-49(47)54(50-23-12-10-21-48(50)53)39-29-30-46-45-19-13-14-24-51(45)55(3,4)52(46)34-39/h5-34H,1-4H3. The monoisotopic (exact) mass is 702 g/mol. The van der Waals surface area contributed by atoms with Gasteiger partial charge in [-0.15, -0.1) is 0 Å². The van der Waals surface area contributed by atoms with Gasteiger partial charge in [-0.25, -0.2) is 0 Å². The summed E-state index contributed by atoms with van der Waals surface area (Å²) in [5.41, 5.74) is 20.5. The van der Waals surface area contributed by atoms with Crippen LogP contribution in [0.5, 0.6) is 0 Å². The lowest BCUT2D eigenvalue weighted by Crippen LogP contribution is -2.14. The molecule has 1 aliphatic rings. The maximum atomic E-state index is 2.47. The van der Waals surface area contributed by atoms with Crippen molar-refractivity contribution in [3.63, 3.8) is 0 Å². The topological polar surface area (TPSA) is 0 Å². The average Bonchev–Trinajstić information content (AvgIpc) is 3.45. The second-order valence-corrected chi connectivity index (χ2v) is 15.8. The molecule has 0 N–H and O–H groups in total. The van der Waals surface area contributed by atoms with E-state index in [-0.39, 0.29) is 5.41 Å². The van der Waals surface area contributed by atoms with Crippen LogP contribution < -0.4 is 0 Å². The Labute approximate surface area is 324 Å². The first-order valence-corrected chi connectivity index (χ1v) is 19.4. The first kappa shape index (κ1) is 33.1. The predicted octanol–water partition coefficient (Wildman–Crippen LogP) is 15.3. The van der Waals surface area contributed by atoms with E-state index in [0.717, 1.165) is 0 Å². The van der Waals surface area contributed by atoms with Gasteiger partial charge in [0.05, 0.1) is 0 Å². The number of fused-ring (bicyclic) bond motifs is 5. The van der Waals surface area contributed by atoms with Crippen LogP contribution in [0, 0.1) is 13.8 Å². The van der Waals surface area contributed by atoms with E-state index in [0.29, 0.717) is 0 Å². The molecule has 0 nitrogen and oxygen atoms in total. The molecule has 9 aromatic carbocycles. The third-order valence-electron chi connectivity index (χ3n) is 12.2. The molecule has 0 heterocycles. The van der Waals surface area contributed by atoms with Crippen molar-refractivity contribution in [2.45, 2.75) is 33.1 Å². The number of hydrogen-bond acceptors (Lipinski definition) is 0. The molecule has 1 aliphatic carbocycles. The zero-order valence-electron chi connectivity index (χ0n) is 31.8. The van der Waals surface area contributed by atoms with Gasteiger partial charge in [-0.05, 0) is 149 Å². The molecular weight excluding hydrogens is 661 g/mol. The molecule has 262 valence electrons. The van der Waals surface area contributed by atoms with Crippen molar-refractivity contribution in [1.82, 2.24) is 0 Å². The van der Waals surface area contributed by atoms with Gasteiger partial charge < -0.3 is 0 Å². The van der Waals surface area contributed by atoms with E-state index in [1.165, 1.54) is 111 Å². The van der Waals surface area contributed by atoms with Crippen LogP contribution in [0.15, 0.2) is 182 Å². The molecule has 0 amide bonds. The van der Waals surface area contributed by atoms with E-state index in [9.17, 15) is 0 Å². The summed E-state index contributed by atoms with van der Waals surface area (Å²) in [6, 6.07) is 67.8. The molecule has 0 saturated heterocycles. The molecule has 55 heavy (non-hydrogen) atoms. The molecule has 0 radical (unpaired) electrons. The first-order chi connectivity index (χ1) is 26.9. The minimum Gasteiger partial charge on any atom is -0.0620 e.